The molecule has 0 aliphatic heterocycles. The number of hydrogen-bond donors (Lipinski definition) is 2. The van der Waals surface area contributed by atoms with E-state index in [2.05, 4.69) is 15.5 Å². The topological polar surface area (TPSA) is 44.4 Å². The van der Waals surface area contributed by atoms with Crippen LogP contribution in [0, 0.1) is 0 Å². The second-order valence-corrected chi connectivity index (χ2v) is 3.78. The van der Waals surface area contributed by atoms with Gasteiger partial charge in [0.25, 0.3) is 0 Å². The van der Waals surface area contributed by atoms with E-state index in [1.807, 2.05) is 27.9 Å². The van der Waals surface area contributed by atoms with Crippen molar-refractivity contribution in [3.8, 4) is 0 Å². The third-order valence-corrected chi connectivity index (χ3v) is 1.56. The number of carbonyl (C=O) groups is 1. The van der Waals surface area contributed by atoms with Crippen molar-refractivity contribution in [1.82, 2.24) is 15.5 Å². The van der Waals surface area contributed by atoms with Crippen LogP contribution < -0.4 is 10.6 Å². The molecule has 0 aromatic rings. The van der Waals surface area contributed by atoms with Crippen molar-refractivity contribution in [2.75, 3.05) is 27.2 Å². The maximum atomic E-state index is 11.1. The molecule has 4 nitrogen and oxygen atoms in total. The lowest BCUT2D eigenvalue weighted by Gasteiger charge is -2.09. The number of amides is 2. The lowest BCUT2D eigenvalue weighted by Crippen LogP contribution is -2.34. The molecule has 0 unspecified atom stereocenters. The van der Waals surface area contributed by atoms with Crippen LogP contribution in [0.5, 0.6) is 0 Å². The average molecular weight is 199 g/mol. The number of carbonyl (C=O) groups excluding carboxylic acids is 1. The maximum Gasteiger partial charge on any atom is 0.318 e. The molecule has 0 spiro atoms. The largest absolute Gasteiger partial charge is 0.338 e. The van der Waals surface area contributed by atoms with Crippen LogP contribution in [0.1, 0.15) is 20.3 Å². The predicted molar refractivity (Wildman–Crippen MR) is 59.1 cm³/mol. The smallest absolute Gasteiger partial charge is 0.318 e. The summed E-state index contributed by atoms with van der Waals surface area (Å²) in [6.45, 7) is 5.57. The van der Waals surface area contributed by atoms with Gasteiger partial charge in [0.05, 0.1) is 0 Å². The van der Waals surface area contributed by atoms with Crippen LogP contribution in [0.15, 0.2) is 11.8 Å². The normalized spacial score (nSPS) is 9.79. The number of nitrogens with zero attached hydrogens (tertiary/aromatic N) is 1. The van der Waals surface area contributed by atoms with E-state index >= 15 is 0 Å². The van der Waals surface area contributed by atoms with Crippen LogP contribution >= 0.6 is 0 Å². The van der Waals surface area contributed by atoms with E-state index in [1.54, 1.807) is 6.20 Å². The van der Waals surface area contributed by atoms with Crippen molar-refractivity contribution >= 4 is 6.03 Å². The Hall–Kier alpha value is -1.03. The van der Waals surface area contributed by atoms with Crippen molar-refractivity contribution < 1.29 is 4.79 Å². The van der Waals surface area contributed by atoms with Gasteiger partial charge in [-0.3, -0.25) is 0 Å². The summed E-state index contributed by atoms with van der Waals surface area (Å²) in [7, 11) is 4.03. The number of rotatable bonds is 5. The third kappa shape index (κ3) is 9.06. The summed E-state index contributed by atoms with van der Waals surface area (Å²) < 4.78 is 0. The lowest BCUT2D eigenvalue weighted by atomic mass is 10.4. The quantitative estimate of drug-likeness (QED) is 0.653. The highest BCUT2D eigenvalue weighted by Crippen LogP contribution is 1.84. The zero-order valence-electron chi connectivity index (χ0n) is 9.55. The molecule has 0 aliphatic carbocycles. The molecule has 4 heteroatoms. The van der Waals surface area contributed by atoms with Gasteiger partial charge in [-0.2, -0.15) is 0 Å². The molecular formula is C10H21N3O. The predicted octanol–water partition coefficient (Wildman–Crippen LogP) is 1.16. The van der Waals surface area contributed by atoms with Gasteiger partial charge < -0.3 is 15.5 Å². The van der Waals surface area contributed by atoms with Gasteiger partial charge in [-0.1, -0.05) is 5.57 Å². The van der Waals surface area contributed by atoms with E-state index < -0.39 is 0 Å². The zero-order valence-corrected chi connectivity index (χ0v) is 9.55. The Labute approximate surface area is 86.4 Å². The van der Waals surface area contributed by atoms with E-state index in [1.165, 1.54) is 0 Å². The monoisotopic (exact) mass is 199 g/mol. The molecule has 0 bridgehead atoms. The van der Waals surface area contributed by atoms with Gasteiger partial charge in [0, 0.05) is 12.7 Å². The highest BCUT2D eigenvalue weighted by Gasteiger charge is 1.96. The fourth-order valence-corrected chi connectivity index (χ4v) is 0.858. The molecule has 2 amide bonds. The minimum Gasteiger partial charge on any atom is -0.338 e. The second-order valence-electron chi connectivity index (χ2n) is 3.78. The van der Waals surface area contributed by atoms with Crippen molar-refractivity contribution in [2.45, 2.75) is 20.3 Å². The lowest BCUT2D eigenvalue weighted by molar-refractivity contribution is 0.243. The van der Waals surface area contributed by atoms with Crippen molar-refractivity contribution in [3.05, 3.63) is 11.8 Å². The fraction of sp³-hybridized carbons (Fsp3) is 0.700. The highest BCUT2D eigenvalue weighted by atomic mass is 16.2. The number of urea groups is 1. The van der Waals surface area contributed by atoms with Gasteiger partial charge in [-0.05, 0) is 40.9 Å². The second kappa shape index (κ2) is 7.38. The fourth-order valence-electron chi connectivity index (χ4n) is 0.858. The Morgan fingerprint density at radius 1 is 1.36 bits per heavy atom. The Balaban J connectivity index is 3.41. The molecule has 14 heavy (non-hydrogen) atoms. The summed E-state index contributed by atoms with van der Waals surface area (Å²) in [4.78, 5) is 13.2. The van der Waals surface area contributed by atoms with Crippen LogP contribution in [0.4, 0.5) is 4.79 Å². The molecule has 0 atom stereocenters. The Morgan fingerprint density at radius 3 is 2.50 bits per heavy atom. The SMILES string of the molecule is CC(C)=CNC(=O)NCCCN(C)C. The van der Waals surface area contributed by atoms with Gasteiger partial charge in [-0.15, -0.1) is 0 Å². The molecular weight excluding hydrogens is 178 g/mol. The number of allylic oxidation sites excluding steroid dienone is 1. The number of nitrogens with one attached hydrogen (secondary N) is 2. The van der Waals surface area contributed by atoms with E-state index in [9.17, 15) is 4.79 Å². The molecule has 0 aliphatic rings. The molecule has 0 aromatic heterocycles. The summed E-state index contributed by atoms with van der Waals surface area (Å²) >= 11 is 0. The van der Waals surface area contributed by atoms with Crippen LogP contribution in [0.2, 0.25) is 0 Å². The molecule has 0 saturated heterocycles. The van der Waals surface area contributed by atoms with Gasteiger partial charge >= 0.3 is 6.03 Å². The van der Waals surface area contributed by atoms with E-state index in [0.29, 0.717) is 6.54 Å². The highest BCUT2D eigenvalue weighted by molar-refractivity contribution is 5.74. The first kappa shape index (κ1) is 13.0. The van der Waals surface area contributed by atoms with E-state index in [4.69, 9.17) is 0 Å². The Kier molecular flexibility index (Phi) is 6.84. The van der Waals surface area contributed by atoms with Crippen molar-refractivity contribution in [2.24, 2.45) is 0 Å². The van der Waals surface area contributed by atoms with E-state index in [-0.39, 0.29) is 6.03 Å². The van der Waals surface area contributed by atoms with Crippen LogP contribution in [-0.2, 0) is 0 Å². The van der Waals surface area contributed by atoms with Crippen LogP contribution in [-0.4, -0.2) is 38.1 Å². The summed E-state index contributed by atoms with van der Waals surface area (Å²) in [6.07, 6.45) is 2.66. The van der Waals surface area contributed by atoms with Crippen LogP contribution in [0.3, 0.4) is 0 Å². The summed E-state index contributed by atoms with van der Waals surface area (Å²) in [5.74, 6) is 0. The molecule has 0 saturated carbocycles. The molecule has 82 valence electrons. The van der Waals surface area contributed by atoms with Crippen molar-refractivity contribution in [3.63, 3.8) is 0 Å². The Bertz CT molecular complexity index is 196. The minimum atomic E-state index is -0.134. The van der Waals surface area contributed by atoms with Crippen molar-refractivity contribution in [1.29, 1.82) is 0 Å². The summed E-state index contributed by atoms with van der Waals surface area (Å²) in [5, 5.41) is 5.42. The van der Waals surface area contributed by atoms with E-state index in [0.717, 1.165) is 18.5 Å². The number of hydrogen-bond acceptors (Lipinski definition) is 2. The molecule has 0 radical (unpaired) electrons. The third-order valence-electron chi connectivity index (χ3n) is 1.56. The maximum absolute atomic E-state index is 11.1. The van der Waals surface area contributed by atoms with Gasteiger partial charge in [0.1, 0.15) is 0 Å². The molecule has 2 N–H and O–H groups in total. The molecule has 0 rings (SSSR count). The van der Waals surface area contributed by atoms with Crippen LogP contribution in [0.25, 0.3) is 0 Å². The molecule has 0 heterocycles. The average Bonchev–Trinajstić information content (AvgIpc) is 2.08. The standard InChI is InChI=1S/C10H21N3O/c1-9(2)8-12-10(14)11-6-5-7-13(3)4/h8H,5-7H2,1-4H3,(H2,11,12,14). The minimum absolute atomic E-state index is 0.134. The molecule has 0 aromatic carbocycles. The first-order valence-corrected chi connectivity index (χ1v) is 4.85. The van der Waals surface area contributed by atoms with Gasteiger partial charge in [0.15, 0.2) is 0 Å². The summed E-state index contributed by atoms with van der Waals surface area (Å²) in [6, 6.07) is -0.134. The first-order chi connectivity index (χ1) is 6.52. The Morgan fingerprint density at radius 2 is 2.00 bits per heavy atom. The van der Waals surface area contributed by atoms with Gasteiger partial charge in [-0.25, -0.2) is 4.79 Å². The first-order valence-electron chi connectivity index (χ1n) is 4.85. The van der Waals surface area contributed by atoms with Gasteiger partial charge in [0.2, 0.25) is 0 Å². The zero-order chi connectivity index (χ0) is 11.0. The summed E-state index contributed by atoms with van der Waals surface area (Å²) in [5.41, 5.74) is 1.08. The molecule has 0 fully saturated rings.